The lowest BCUT2D eigenvalue weighted by atomic mass is 9.69. The summed E-state index contributed by atoms with van der Waals surface area (Å²) in [5, 5.41) is 5.90. The van der Waals surface area contributed by atoms with Crippen LogP contribution in [0.1, 0.15) is 56.8 Å². The van der Waals surface area contributed by atoms with Crippen LogP contribution in [0.5, 0.6) is 0 Å². The molecule has 3 unspecified atom stereocenters. The van der Waals surface area contributed by atoms with Crippen molar-refractivity contribution in [1.29, 1.82) is 0 Å². The van der Waals surface area contributed by atoms with Gasteiger partial charge < -0.3 is 10.6 Å². The molecule has 2 aliphatic carbocycles. The van der Waals surface area contributed by atoms with Crippen LogP contribution >= 0.6 is 11.6 Å². The number of nitrogens with one attached hydrogen (secondary N) is 2. The molecule has 0 aromatic heterocycles. The van der Waals surface area contributed by atoms with Gasteiger partial charge >= 0.3 is 0 Å². The first-order valence-electron chi connectivity index (χ1n) is 9.18. The molecule has 0 aliphatic heterocycles. The highest BCUT2D eigenvalue weighted by atomic mass is 35.5. The second-order valence-corrected chi connectivity index (χ2v) is 8.77. The van der Waals surface area contributed by atoms with Crippen LogP contribution in [0.15, 0.2) is 18.2 Å². The highest BCUT2D eigenvalue weighted by Crippen LogP contribution is 2.65. The van der Waals surface area contributed by atoms with Gasteiger partial charge in [-0.3, -0.25) is 9.59 Å². The molecule has 0 saturated heterocycles. The lowest BCUT2D eigenvalue weighted by molar-refractivity contribution is -0.122. The third kappa shape index (κ3) is 3.22. The van der Waals surface area contributed by atoms with E-state index in [1.807, 2.05) is 0 Å². The van der Waals surface area contributed by atoms with Crippen LogP contribution in [0.4, 0.5) is 4.39 Å². The van der Waals surface area contributed by atoms with Gasteiger partial charge in [0.25, 0.3) is 5.91 Å². The van der Waals surface area contributed by atoms with E-state index in [0.717, 1.165) is 18.9 Å². The predicted molar refractivity (Wildman–Crippen MR) is 99.5 cm³/mol. The molecule has 2 bridgehead atoms. The maximum absolute atomic E-state index is 13.0. The smallest absolute Gasteiger partial charge is 0.252 e. The first-order chi connectivity index (χ1) is 12.1. The molecule has 0 radical (unpaired) electrons. The van der Waals surface area contributed by atoms with Gasteiger partial charge in [0.1, 0.15) is 5.82 Å². The third-order valence-corrected chi connectivity index (χ3v) is 7.26. The molecule has 2 amide bonds. The summed E-state index contributed by atoms with van der Waals surface area (Å²) in [6.07, 6.45) is 3.63. The molecule has 4 nitrogen and oxygen atoms in total. The standard InChI is InChI=1S/C20H26ClFN2O2/c1-19(2)12-6-8-20(19,3)16(10-12)24-17(25)7-9-23-18(26)14-5-4-13(22)11-15(14)21/h4-5,11-12,16H,6-10H2,1-3H3,(H,23,26)(H,24,25). The third-order valence-electron chi connectivity index (χ3n) is 6.94. The fourth-order valence-electron chi connectivity index (χ4n) is 4.75. The largest absolute Gasteiger partial charge is 0.353 e. The van der Waals surface area contributed by atoms with Crippen LogP contribution in [0.25, 0.3) is 0 Å². The van der Waals surface area contributed by atoms with Crippen LogP contribution in [0.3, 0.4) is 0 Å². The van der Waals surface area contributed by atoms with Crippen LogP contribution in [0.2, 0.25) is 5.02 Å². The molecule has 2 aliphatic rings. The lowest BCUT2D eigenvalue weighted by Crippen LogP contribution is -2.47. The number of rotatable bonds is 5. The van der Waals surface area contributed by atoms with E-state index in [9.17, 15) is 14.0 Å². The van der Waals surface area contributed by atoms with Gasteiger partial charge in [-0.05, 0) is 54.2 Å². The van der Waals surface area contributed by atoms with Gasteiger partial charge in [-0.2, -0.15) is 0 Å². The first kappa shape index (κ1) is 19.2. The number of fused-ring (bicyclic) bond motifs is 2. The molecule has 1 aromatic rings. The van der Waals surface area contributed by atoms with Crippen molar-refractivity contribution in [2.45, 2.75) is 52.5 Å². The molecule has 3 atom stereocenters. The lowest BCUT2D eigenvalue weighted by Gasteiger charge is -2.39. The Morgan fingerprint density at radius 1 is 1.31 bits per heavy atom. The predicted octanol–water partition coefficient (Wildman–Crippen LogP) is 3.93. The van der Waals surface area contributed by atoms with Crippen molar-refractivity contribution in [3.63, 3.8) is 0 Å². The minimum absolute atomic E-state index is 0.0509. The summed E-state index contributed by atoms with van der Waals surface area (Å²) >= 11 is 5.88. The Morgan fingerprint density at radius 3 is 2.62 bits per heavy atom. The Labute approximate surface area is 158 Å². The van der Waals surface area contributed by atoms with Crippen molar-refractivity contribution in [1.82, 2.24) is 10.6 Å². The van der Waals surface area contributed by atoms with Crippen molar-refractivity contribution < 1.29 is 14.0 Å². The summed E-state index contributed by atoms with van der Waals surface area (Å²) in [6, 6.07) is 3.82. The van der Waals surface area contributed by atoms with Crippen LogP contribution in [-0.4, -0.2) is 24.4 Å². The second-order valence-electron chi connectivity index (χ2n) is 8.36. The fraction of sp³-hybridized carbons (Fsp3) is 0.600. The molecule has 1 aromatic carbocycles. The molecule has 3 rings (SSSR count). The Hall–Kier alpha value is -1.62. The summed E-state index contributed by atoms with van der Waals surface area (Å²) < 4.78 is 13.0. The Kier molecular flexibility index (Phi) is 5.04. The van der Waals surface area contributed by atoms with E-state index in [-0.39, 0.29) is 46.3 Å². The number of amides is 2. The zero-order chi connectivity index (χ0) is 19.1. The molecular weight excluding hydrogens is 355 g/mol. The highest BCUT2D eigenvalue weighted by Gasteiger charge is 2.61. The van der Waals surface area contributed by atoms with E-state index < -0.39 is 11.7 Å². The molecule has 142 valence electrons. The maximum atomic E-state index is 13.0. The number of hydrogen-bond acceptors (Lipinski definition) is 2. The number of carbonyl (C=O) groups is 2. The molecule has 2 fully saturated rings. The zero-order valence-corrected chi connectivity index (χ0v) is 16.3. The van der Waals surface area contributed by atoms with Gasteiger partial charge in [-0.1, -0.05) is 32.4 Å². The number of benzene rings is 1. The van der Waals surface area contributed by atoms with E-state index in [0.29, 0.717) is 5.92 Å². The molecule has 2 N–H and O–H groups in total. The van der Waals surface area contributed by atoms with Crippen LogP contribution in [-0.2, 0) is 4.79 Å². The topological polar surface area (TPSA) is 58.2 Å². The van der Waals surface area contributed by atoms with Gasteiger partial charge in [-0.15, -0.1) is 0 Å². The van der Waals surface area contributed by atoms with E-state index in [1.54, 1.807) is 0 Å². The van der Waals surface area contributed by atoms with E-state index in [4.69, 9.17) is 11.6 Å². The monoisotopic (exact) mass is 380 g/mol. The average molecular weight is 381 g/mol. The number of hydrogen-bond donors (Lipinski definition) is 2. The molecule has 6 heteroatoms. The van der Waals surface area contributed by atoms with Gasteiger partial charge in [0, 0.05) is 19.0 Å². The van der Waals surface area contributed by atoms with Gasteiger partial charge in [-0.25, -0.2) is 4.39 Å². The summed E-state index contributed by atoms with van der Waals surface area (Å²) in [7, 11) is 0. The molecule has 0 heterocycles. The molecule has 0 spiro atoms. The van der Waals surface area contributed by atoms with Crippen LogP contribution < -0.4 is 10.6 Å². The van der Waals surface area contributed by atoms with Crippen LogP contribution in [0, 0.1) is 22.6 Å². The van der Waals surface area contributed by atoms with Crippen molar-refractivity contribution >= 4 is 23.4 Å². The maximum Gasteiger partial charge on any atom is 0.252 e. The molecular formula is C20H26ClFN2O2. The molecule has 26 heavy (non-hydrogen) atoms. The van der Waals surface area contributed by atoms with Gasteiger partial charge in [0.05, 0.1) is 10.6 Å². The minimum atomic E-state index is -0.492. The molecule has 2 saturated carbocycles. The minimum Gasteiger partial charge on any atom is -0.353 e. The van der Waals surface area contributed by atoms with Crippen molar-refractivity contribution in [3.05, 3.63) is 34.6 Å². The summed E-state index contributed by atoms with van der Waals surface area (Å²) in [6.45, 7) is 7.12. The van der Waals surface area contributed by atoms with E-state index in [2.05, 4.69) is 31.4 Å². The average Bonchev–Trinajstić information content (AvgIpc) is 2.88. The summed E-state index contributed by atoms with van der Waals surface area (Å²) in [5.41, 5.74) is 0.590. The zero-order valence-electron chi connectivity index (χ0n) is 15.5. The Morgan fingerprint density at radius 2 is 2.04 bits per heavy atom. The van der Waals surface area contributed by atoms with Gasteiger partial charge in [0.2, 0.25) is 5.91 Å². The quantitative estimate of drug-likeness (QED) is 0.813. The van der Waals surface area contributed by atoms with Crippen molar-refractivity contribution in [3.8, 4) is 0 Å². The highest BCUT2D eigenvalue weighted by molar-refractivity contribution is 6.33. The number of halogens is 2. The first-order valence-corrected chi connectivity index (χ1v) is 9.55. The van der Waals surface area contributed by atoms with E-state index >= 15 is 0 Å². The summed E-state index contributed by atoms with van der Waals surface area (Å²) in [4.78, 5) is 24.4. The summed E-state index contributed by atoms with van der Waals surface area (Å²) in [5.74, 6) is -0.285. The number of carbonyl (C=O) groups excluding carboxylic acids is 2. The van der Waals surface area contributed by atoms with Crippen molar-refractivity contribution in [2.24, 2.45) is 16.7 Å². The fourth-order valence-corrected chi connectivity index (χ4v) is 5.00. The second kappa shape index (κ2) is 6.84. The van der Waals surface area contributed by atoms with Gasteiger partial charge in [0.15, 0.2) is 0 Å². The van der Waals surface area contributed by atoms with E-state index in [1.165, 1.54) is 18.6 Å². The Bertz CT molecular complexity index is 737. The Balaban J connectivity index is 1.49. The SMILES string of the molecule is CC1(C)C2CCC1(C)C(NC(=O)CCNC(=O)c1ccc(F)cc1Cl)C2. The normalized spacial score (nSPS) is 28.8. The van der Waals surface area contributed by atoms with Crippen molar-refractivity contribution in [2.75, 3.05) is 6.54 Å².